The summed E-state index contributed by atoms with van der Waals surface area (Å²) in [4.78, 5) is 16.8. The Hall–Kier alpha value is -1.55. The van der Waals surface area contributed by atoms with E-state index in [0.717, 1.165) is 43.7 Å². The number of amides is 1. The van der Waals surface area contributed by atoms with Crippen LogP contribution in [0.3, 0.4) is 0 Å². The van der Waals surface area contributed by atoms with Crippen LogP contribution in [0, 0.1) is 0 Å². The molecule has 2 N–H and O–H groups in total. The molecule has 3 rings (SSSR count). The fraction of sp³-hybridized carbons (Fsp3) is 0.588. The van der Waals surface area contributed by atoms with Gasteiger partial charge in [-0.1, -0.05) is 18.2 Å². The molecular formula is C17H25N3O. The third-order valence-corrected chi connectivity index (χ3v) is 4.54. The van der Waals surface area contributed by atoms with E-state index in [4.69, 9.17) is 5.73 Å². The van der Waals surface area contributed by atoms with Crippen molar-refractivity contribution in [2.24, 2.45) is 0 Å². The van der Waals surface area contributed by atoms with Crippen molar-refractivity contribution in [2.45, 2.75) is 44.7 Å². The number of hydrogen-bond donors (Lipinski definition) is 1. The van der Waals surface area contributed by atoms with E-state index < -0.39 is 0 Å². The predicted molar refractivity (Wildman–Crippen MR) is 84.7 cm³/mol. The van der Waals surface area contributed by atoms with Crippen molar-refractivity contribution in [2.75, 3.05) is 25.4 Å². The Bertz CT molecular complexity index is 493. The van der Waals surface area contributed by atoms with Gasteiger partial charge < -0.3 is 10.6 Å². The first-order chi connectivity index (χ1) is 10.2. The molecule has 2 aliphatic rings. The molecule has 1 heterocycles. The van der Waals surface area contributed by atoms with Crippen molar-refractivity contribution in [3.8, 4) is 0 Å². The van der Waals surface area contributed by atoms with Crippen molar-refractivity contribution in [3.05, 3.63) is 29.8 Å². The van der Waals surface area contributed by atoms with Gasteiger partial charge in [0, 0.05) is 31.4 Å². The Balaban J connectivity index is 1.62. The molecule has 4 nitrogen and oxygen atoms in total. The third-order valence-electron chi connectivity index (χ3n) is 4.54. The van der Waals surface area contributed by atoms with Gasteiger partial charge >= 0.3 is 0 Å². The van der Waals surface area contributed by atoms with Crippen molar-refractivity contribution in [1.29, 1.82) is 0 Å². The number of para-hydroxylation sites is 1. The molecule has 1 aromatic carbocycles. The van der Waals surface area contributed by atoms with E-state index in [1.807, 2.05) is 23.1 Å². The van der Waals surface area contributed by atoms with Crippen LogP contribution in [0.4, 0.5) is 5.69 Å². The van der Waals surface area contributed by atoms with Crippen molar-refractivity contribution < 1.29 is 4.79 Å². The number of nitrogen functional groups attached to an aromatic ring is 1. The maximum Gasteiger partial charge on any atom is 0.236 e. The summed E-state index contributed by atoms with van der Waals surface area (Å²) >= 11 is 0. The largest absolute Gasteiger partial charge is 0.398 e. The van der Waals surface area contributed by atoms with E-state index in [1.54, 1.807) is 0 Å². The highest BCUT2D eigenvalue weighted by molar-refractivity contribution is 5.78. The lowest BCUT2D eigenvalue weighted by Crippen LogP contribution is -2.43. The van der Waals surface area contributed by atoms with Crippen LogP contribution in [0.15, 0.2) is 24.3 Å². The summed E-state index contributed by atoms with van der Waals surface area (Å²) < 4.78 is 0. The summed E-state index contributed by atoms with van der Waals surface area (Å²) in [5.41, 5.74) is 8.00. The molecule has 1 saturated heterocycles. The molecule has 0 spiro atoms. The zero-order chi connectivity index (χ0) is 14.7. The molecule has 0 bridgehead atoms. The second-order valence-electron chi connectivity index (χ2n) is 6.28. The van der Waals surface area contributed by atoms with Gasteiger partial charge in [0.2, 0.25) is 5.91 Å². The normalized spacial score (nSPS) is 19.0. The molecule has 0 aromatic heterocycles. The van der Waals surface area contributed by atoms with E-state index in [-0.39, 0.29) is 5.91 Å². The van der Waals surface area contributed by atoms with E-state index in [1.165, 1.54) is 19.3 Å². The number of likely N-dealkylation sites (tertiary alicyclic amines) is 1. The number of nitrogens with two attached hydrogens (primary N) is 1. The Morgan fingerprint density at radius 1 is 1.19 bits per heavy atom. The van der Waals surface area contributed by atoms with Gasteiger partial charge in [0.1, 0.15) is 0 Å². The lowest BCUT2D eigenvalue weighted by molar-refractivity contribution is -0.133. The SMILES string of the molecule is Nc1ccccc1CN(CC(=O)N1CCCCC1)C1CC1. The minimum absolute atomic E-state index is 0.288. The molecule has 1 aliphatic heterocycles. The van der Waals surface area contributed by atoms with Crippen LogP contribution in [-0.4, -0.2) is 41.4 Å². The first kappa shape index (κ1) is 14.4. The summed E-state index contributed by atoms with van der Waals surface area (Å²) in [6.07, 6.45) is 5.98. The van der Waals surface area contributed by atoms with E-state index in [2.05, 4.69) is 11.0 Å². The fourth-order valence-corrected chi connectivity index (χ4v) is 3.07. The Morgan fingerprint density at radius 2 is 1.90 bits per heavy atom. The van der Waals surface area contributed by atoms with Crippen molar-refractivity contribution in [3.63, 3.8) is 0 Å². The lowest BCUT2D eigenvalue weighted by Gasteiger charge is -2.30. The van der Waals surface area contributed by atoms with Crippen LogP contribution in [0.1, 0.15) is 37.7 Å². The van der Waals surface area contributed by atoms with Gasteiger partial charge in [0.05, 0.1) is 6.54 Å². The first-order valence-electron chi connectivity index (χ1n) is 8.09. The van der Waals surface area contributed by atoms with Gasteiger partial charge in [-0.15, -0.1) is 0 Å². The van der Waals surface area contributed by atoms with Gasteiger partial charge in [-0.2, -0.15) is 0 Å². The molecule has 1 aromatic rings. The maximum atomic E-state index is 12.5. The average molecular weight is 287 g/mol. The summed E-state index contributed by atoms with van der Waals surface area (Å²) in [5.74, 6) is 0.288. The zero-order valence-electron chi connectivity index (χ0n) is 12.6. The van der Waals surface area contributed by atoms with Gasteiger partial charge in [-0.3, -0.25) is 9.69 Å². The van der Waals surface area contributed by atoms with Crippen molar-refractivity contribution >= 4 is 11.6 Å². The first-order valence-corrected chi connectivity index (χ1v) is 8.09. The number of benzene rings is 1. The maximum absolute atomic E-state index is 12.5. The highest BCUT2D eigenvalue weighted by atomic mass is 16.2. The molecular weight excluding hydrogens is 262 g/mol. The summed E-state index contributed by atoms with van der Waals surface area (Å²) in [6.45, 7) is 3.20. The highest BCUT2D eigenvalue weighted by Crippen LogP contribution is 2.29. The third kappa shape index (κ3) is 3.76. The number of piperidine rings is 1. The van der Waals surface area contributed by atoms with E-state index in [9.17, 15) is 4.79 Å². The van der Waals surface area contributed by atoms with Crippen LogP contribution < -0.4 is 5.73 Å². The Kier molecular flexibility index (Phi) is 4.44. The summed E-state index contributed by atoms with van der Waals surface area (Å²) in [6, 6.07) is 8.55. The minimum Gasteiger partial charge on any atom is -0.398 e. The molecule has 0 unspecified atom stereocenters. The van der Waals surface area contributed by atoms with Crippen LogP contribution in [-0.2, 0) is 11.3 Å². The molecule has 0 atom stereocenters. The molecule has 1 saturated carbocycles. The number of carbonyl (C=O) groups excluding carboxylic acids is 1. The quantitative estimate of drug-likeness (QED) is 0.845. The van der Waals surface area contributed by atoms with Crippen LogP contribution in [0.2, 0.25) is 0 Å². The number of nitrogens with zero attached hydrogens (tertiary/aromatic N) is 2. The summed E-state index contributed by atoms with van der Waals surface area (Å²) in [5, 5.41) is 0. The molecule has 1 amide bonds. The van der Waals surface area contributed by atoms with Gasteiger partial charge in [0.15, 0.2) is 0 Å². The lowest BCUT2D eigenvalue weighted by atomic mass is 10.1. The molecule has 21 heavy (non-hydrogen) atoms. The number of hydrogen-bond acceptors (Lipinski definition) is 3. The Labute approximate surface area is 126 Å². The molecule has 1 aliphatic carbocycles. The number of carbonyl (C=O) groups is 1. The van der Waals surface area contributed by atoms with E-state index in [0.29, 0.717) is 12.6 Å². The monoisotopic (exact) mass is 287 g/mol. The van der Waals surface area contributed by atoms with Crippen molar-refractivity contribution in [1.82, 2.24) is 9.80 Å². The average Bonchev–Trinajstić information content (AvgIpc) is 3.34. The molecule has 4 heteroatoms. The number of rotatable bonds is 5. The molecule has 114 valence electrons. The van der Waals surface area contributed by atoms with E-state index >= 15 is 0 Å². The Morgan fingerprint density at radius 3 is 2.57 bits per heavy atom. The fourth-order valence-electron chi connectivity index (χ4n) is 3.07. The summed E-state index contributed by atoms with van der Waals surface area (Å²) in [7, 11) is 0. The van der Waals surface area contributed by atoms with Crippen LogP contribution in [0.5, 0.6) is 0 Å². The molecule has 0 radical (unpaired) electrons. The van der Waals surface area contributed by atoms with Crippen LogP contribution >= 0.6 is 0 Å². The minimum atomic E-state index is 0.288. The standard InChI is InChI=1S/C17H25N3O/c18-16-7-3-2-6-14(16)12-20(15-8-9-15)13-17(21)19-10-4-1-5-11-19/h2-3,6-7,15H,1,4-5,8-13,18H2. The highest BCUT2D eigenvalue weighted by Gasteiger charge is 2.31. The predicted octanol–water partition coefficient (Wildman–Crippen LogP) is 2.25. The topological polar surface area (TPSA) is 49.6 Å². The van der Waals surface area contributed by atoms with Crippen LogP contribution in [0.25, 0.3) is 0 Å². The smallest absolute Gasteiger partial charge is 0.236 e. The second-order valence-corrected chi connectivity index (χ2v) is 6.28. The molecule has 2 fully saturated rings. The number of anilines is 1. The van der Waals surface area contributed by atoms with Gasteiger partial charge in [-0.05, 0) is 43.7 Å². The second kappa shape index (κ2) is 6.48. The van der Waals surface area contributed by atoms with Gasteiger partial charge in [0.25, 0.3) is 0 Å². The van der Waals surface area contributed by atoms with Gasteiger partial charge in [-0.25, -0.2) is 0 Å². The zero-order valence-corrected chi connectivity index (χ0v) is 12.6.